The minimum absolute atomic E-state index is 0.0426. The Labute approximate surface area is 105 Å². The van der Waals surface area contributed by atoms with Gasteiger partial charge in [-0.2, -0.15) is 15.0 Å². The average molecular weight is 277 g/mol. The fraction of sp³-hybridized carbons (Fsp3) is 0. The van der Waals surface area contributed by atoms with Crippen LogP contribution in [0.25, 0.3) is 0 Å². The van der Waals surface area contributed by atoms with E-state index in [1.165, 1.54) is 6.07 Å². The van der Waals surface area contributed by atoms with Gasteiger partial charge < -0.3 is 5.32 Å². The van der Waals surface area contributed by atoms with E-state index in [-0.39, 0.29) is 22.2 Å². The van der Waals surface area contributed by atoms with Gasteiger partial charge >= 0.3 is 0 Å². The number of anilines is 2. The molecule has 0 radical (unpaired) electrons. The highest BCUT2D eigenvalue weighted by atomic mass is 35.5. The van der Waals surface area contributed by atoms with Gasteiger partial charge in [-0.25, -0.2) is 8.78 Å². The molecule has 2 rings (SSSR count). The third-order valence-corrected chi connectivity index (χ3v) is 2.09. The summed E-state index contributed by atoms with van der Waals surface area (Å²) in [5.74, 6) is -1.88. The summed E-state index contributed by atoms with van der Waals surface area (Å²) in [5.41, 5.74) is 0.266. The fourth-order valence-electron chi connectivity index (χ4n) is 1.08. The predicted molar refractivity (Wildman–Crippen MR) is 59.5 cm³/mol. The van der Waals surface area contributed by atoms with Crippen molar-refractivity contribution in [3.63, 3.8) is 0 Å². The Morgan fingerprint density at radius 1 is 0.941 bits per heavy atom. The first-order valence-electron chi connectivity index (χ1n) is 4.34. The lowest BCUT2D eigenvalue weighted by atomic mass is 10.3. The van der Waals surface area contributed by atoms with Crippen LogP contribution in [0.4, 0.5) is 20.4 Å². The minimum atomic E-state index is -0.985. The molecular formula is C9H4Cl2F2N4. The van der Waals surface area contributed by atoms with Crippen LogP contribution in [0.3, 0.4) is 0 Å². The summed E-state index contributed by atoms with van der Waals surface area (Å²) in [6.07, 6.45) is 0. The van der Waals surface area contributed by atoms with E-state index in [0.717, 1.165) is 12.1 Å². The van der Waals surface area contributed by atoms with Crippen LogP contribution in [0.5, 0.6) is 0 Å². The van der Waals surface area contributed by atoms with Crippen molar-refractivity contribution in [1.82, 2.24) is 15.0 Å². The number of aromatic nitrogens is 3. The molecule has 8 heteroatoms. The van der Waals surface area contributed by atoms with Crippen molar-refractivity contribution in [1.29, 1.82) is 0 Å². The van der Waals surface area contributed by atoms with Gasteiger partial charge in [0.25, 0.3) is 0 Å². The normalized spacial score (nSPS) is 10.4. The maximum Gasteiger partial charge on any atom is 0.232 e. The molecule has 4 nitrogen and oxygen atoms in total. The molecule has 1 N–H and O–H groups in total. The van der Waals surface area contributed by atoms with Crippen molar-refractivity contribution in [2.24, 2.45) is 0 Å². The molecule has 0 saturated carbocycles. The highest BCUT2D eigenvalue weighted by Gasteiger charge is 2.06. The highest BCUT2D eigenvalue weighted by molar-refractivity contribution is 6.31. The molecule has 1 aromatic heterocycles. The van der Waals surface area contributed by atoms with Crippen LogP contribution in [-0.4, -0.2) is 15.0 Å². The molecule has 0 spiro atoms. The van der Waals surface area contributed by atoms with Crippen LogP contribution in [0, 0.1) is 11.6 Å². The number of hydrogen-bond donors (Lipinski definition) is 1. The molecule has 88 valence electrons. The van der Waals surface area contributed by atoms with Crippen LogP contribution in [0.2, 0.25) is 10.6 Å². The number of benzene rings is 1. The molecule has 0 fully saturated rings. The van der Waals surface area contributed by atoms with Crippen LogP contribution in [0.1, 0.15) is 0 Å². The molecule has 0 bridgehead atoms. The third kappa shape index (κ3) is 2.98. The van der Waals surface area contributed by atoms with Crippen LogP contribution >= 0.6 is 23.2 Å². The summed E-state index contributed by atoms with van der Waals surface area (Å²) in [6.45, 7) is 0. The van der Waals surface area contributed by atoms with Crippen molar-refractivity contribution >= 4 is 34.8 Å². The Balaban J connectivity index is 2.28. The minimum Gasteiger partial charge on any atom is -0.324 e. The lowest BCUT2D eigenvalue weighted by Crippen LogP contribution is -2.00. The summed E-state index contributed by atoms with van der Waals surface area (Å²) in [4.78, 5) is 11.0. The van der Waals surface area contributed by atoms with Crippen molar-refractivity contribution in [3.8, 4) is 0 Å². The van der Waals surface area contributed by atoms with Gasteiger partial charge in [0.05, 0.1) is 0 Å². The molecule has 0 aliphatic heterocycles. The summed E-state index contributed by atoms with van der Waals surface area (Å²) in [7, 11) is 0. The van der Waals surface area contributed by atoms with Gasteiger partial charge in [-0.3, -0.25) is 0 Å². The van der Waals surface area contributed by atoms with Crippen molar-refractivity contribution in [2.75, 3.05) is 5.32 Å². The maximum absolute atomic E-state index is 12.9. The second kappa shape index (κ2) is 4.77. The molecule has 0 aliphatic carbocycles. The molecule has 0 unspecified atom stereocenters. The molecule has 1 aromatic carbocycles. The van der Waals surface area contributed by atoms with E-state index in [1.54, 1.807) is 0 Å². The van der Waals surface area contributed by atoms with Gasteiger partial charge in [-0.05, 0) is 35.3 Å². The quantitative estimate of drug-likeness (QED) is 0.915. The zero-order chi connectivity index (χ0) is 12.4. The number of halogens is 4. The Bertz CT molecular complexity index is 544. The molecule has 0 atom stereocenters. The Hall–Kier alpha value is -1.53. The maximum atomic E-state index is 12.9. The Morgan fingerprint density at radius 2 is 1.59 bits per heavy atom. The number of rotatable bonds is 2. The smallest absolute Gasteiger partial charge is 0.232 e. The Morgan fingerprint density at radius 3 is 2.18 bits per heavy atom. The van der Waals surface area contributed by atoms with Gasteiger partial charge in [0.1, 0.15) is 0 Å². The van der Waals surface area contributed by atoms with Gasteiger partial charge in [0, 0.05) is 11.8 Å². The first kappa shape index (κ1) is 11.9. The van der Waals surface area contributed by atoms with Gasteiger partial charge in [-0.1, -0.05) is 0 Å². The first-order valence-corrected chi connectivity index (χ1v) is 5.09. The molecule has 0 saturated heterocycles. The SMILES string of the molecule is Fc1ccc(Nc2nc(Cl)nc(Cl)n2)cc1F. The second-order valence-electron chi connectivity index (χ2n) is 2.95. The largest absolute Gasteiger partial charge is 0.324 e. The van der Waals surface area contributed by atoms with E-state index >= 15 is 0 Å². The molecule has 1 heterocycles. The zero-order valence-corrected chi connectivity index (χ0v) is 9.60. The van der Waals surface area contributed by atoms with E-state index < -0.39 is 11.6 Å². The average Bonchev–Trinajstić information content (AvgIpc) is 2.22. The zero-order valence-electron chi connectivity index (χ0n) is 8.09. The molecule has 0 aliphatic rings. The lowest BCUT2D eigenvalue weighted by molar-refractivity contribution is 0.509. The molecule has 0 amide bonds. The number of nitrogens with one attached hydrogen (secondary N) is 1. The summed E-state index contributed by atoms with van der Waals surface area (Å²) in [5, 5.41) is 2.41. The third-order valence-electron chi connectivity index (χ3n) is 1.76. The summed E-state index contributed by atoms with van der Waals surface area (Å²) < 4.78 is 25.6. The van der Waals surface area contributed by atoms with E-state index in [0.29, 0.717) is 0 Å². The van der Waals surface area contributed by atoms with Crippen LogP contribution in [-0.2, 0) is 0 Å². The number of nitrogens with zero attached hydrogens (tertiary/aromatic N) is 3. The summed E-state index contributed by atoms with van der Waals surface area (Å²) in [6, 6.07) is 3.26. The fourth-order valence-corrected chi connectivity index (χ4v) is 1.45. The standard InChI is InChI=1S/C9H4Cl2F2N4/c10-7-15-8(11)17-9(16-7)14-4-1-2-5(12)6(13)3-4/h1-3H,(H,14,15,16,17). The Kier molecular flexibility index (Phi) is 3.35. The molecular weight excluding hydrogens is 273 g/mol. The van der Waals surface area contributed by atoms with Crippen LogP contribution < -0.4 is 5.32 Å². The summed E-state index contributed by atoms with van der Waals surface area (Å²) >= 11 is 11.1. The first-order chi connectivity index (χ1) is 8.04. The topological polar surface area (TPSA) is 50.7 Å². The van der Waals surface area contributed by atoms with Crippen LogP contribution in [0.15, 0.2) is 18.2 Å². The lowest BCUT2D eigenvalue weighted by Gasteiger charge is -2.05. The van der Waals surface area contributed by atoms with E-state index in [9.17, 15) is 8.78 Å². The molecule has 17 heavy (non-hydrogen) atoms. The van der Waals surface area contributed by atoms with Gasteiger partial charge in [-0.15, -0.1) is 0 Å². The van der Waals surface area contributed by atoms with Gasteiger partial charge in [0.2, 0.25) is 16.5 Å². The van der Waals surface area contributed by atoms with E-state index in [4.69, 9.17) is 23.2 Å². The van der Waals surface area contributed by atoms with E-state index in [1.807, 2.05) is 0 Å². The van der Waals surface area contributed by atoms with Gasteiger partial charge in [0.15, 0.2) is 11.6 Å². The monoisotopic (exact) mass is 276 g/mol. The highest BCUT2D eigenvalue weighted by Crippen LogP contribution is 2.18. The second-order valence-corrected chi connectivity index (χ2v) is 3.63. The molecule has 2 aromatic rings. The number of hydrogen-bond acceptors (Lipinski definition) is 4. The predicted octanol–water partition coefficient (Wildman–Crippen LogP) is 3.20. The van der Waals surface area contributed by atoms with Crippen molar-refractivity contribution in [3.05, 3.63) is 40.4 Å². The van der Waals surface area contributed by atoms with E-state index in [2.05, 4.69) is 20.3 Å². The van der Waals surface area contributed by atoms with Crippen molar-refractivity contribution in [2.45, 2.75) is 0 Å². The van der Waals surface area contributed by atoms with Crippen molar-refractivity contribution < 1.29 is 8.78 Å².